The van der Waals surface area contributed by atoms with Crippen molar-refractivity contribution in [2.75, 3.05) is 25.4 Å². The van der Waals surface area contributed by atoms with Crippen molar-refractivity contribution in [2.24, 2.45) is 0 Å². The molecule has 1 fully saturated rings. The number of hydrogen-bond acceptors (Lipinski definition) is 4. The van der Waals surface area contributed by atoms with Gasteiger partial charge < -0.3 is 20.7 Å². The third kappa shape index (κ3) is 3.37. The standard InChI is InChI=1S/C15H20N4O2/c1-2-18-15(20)19-8-4-5-11(19)10-21-14-7-3-6-13(17)12(14)9-16/h3,6-7,11H,2,4-5,8,10,17H2,1H3,(H,18,20). The highest BCUT2D eigenvalue weighted by Gasteiger charge is 2.29. The molecule has 112 valence electrons. The van der Waals surface area contributed by atoms with E-state index in [1.54, 1.807) is 23.1 Å². The number of carbonyl (C=O) groups excluding carboxylic acids is 1. The molecule has 6 nitrogen and oxygen atoms in total. The van der Waals surface area contributed by atoms with Gasteiger partial charge in [0.1, 0.15) is 24.0 Å². The number of nitriles is 1. The quantitative estimate of drug-likeness (QED) is 0.825. The fraction of sp³-hybridized carbons (Fsp3) is 0.467. The Hall–Kier alpha value is -2.42. The number of amides is 2. The smallest absolute Gasteiger partial charge is 0.317 e. The molecule has 0 aromatic heterocycles. The van der Waals surface area contributed by atoms with Crippen LogP contribution in [0.4, 0.5) is 10.5 Å². The van der Waals surface area contributed by atoms with E-state index in [1.165, 1.54) is 0 Å². The molecule has 1 aromatic rings. The molecule has 21 heavy (non-hydrogen) atoms. The van der Waals surface area contributed by atoms with Crippen LogP contribution in [0.25, 0.3) is 0 Å². The molecular weight excluding hydrogens is 268 g/mol. The Morgan fingerprint density at radius 2 is 2.43 bits per heavy atom. The molecule has 0 aliphatic carbocycles. The Balaban J connectivity index is 2.01. The summed E-state index contributed by atoms with van der Waals surface area (Å²) in [6.45, 7) is 3.61. The molecule has 1 unspecified atom stereocenters. The van der Waals surface area contributed by atoms with Gasteiger partial charge in [-0.1, -0.05) is 6.07 Å². The number of urea groups is 1. The minimum absolute atomic E-state index is 0.0320. The third-order valence-corrected chi connectivity index (χ3v) is 3.57. The first kappa shape index (κ1) is 15.0. The Kier molecular flexibility index (Phi) is 4.88. The van der Waals surface area contributed by atoms with E-state index in [0.717, 1.165) is 19.4 Å². The fourth-order valence-electron chi connectivity index (χ4n) is 2.50. The maximum atomic E-state index is 11.9. The summed E-state index contributed by atoms with van der Waals surface area (Å²) in [5, 5.41) is 11.9. The van der Waals surface area contributed by atoms with Gasteiger partial charge in [0, 0.05) is 13.1 Å². The molecule has 1 aliphatic heterocycles. The van der Waals surface area contributed by atoms with E-state index >= 15 is 0 Å². The van der Waals surface area contributed by atoms with Gasteiger partial charge in [0.2, 0.25) is 0 Å². The molecule has 2 amide bonds. The van der Waals surface area contributed by atoms with Crippen molar-refractivity contribution in [2.45, 2.75) is 25.8 Å². The topological polar surface area (TPSA) is 91.4 Å². The van der Waals surface area contributed by atoms with Crippen LogP contribution in [0.2, 0.25) is 0 Å². The lowest BCUT2D eigenvalue weighted by atomic mass is 10.2. The maximum Gasteiger partial charge on any atom is 0.317 e. The molecule has 0 saturated carbocycles. The summed E-state index contributed by atoms with van der Waals surface area (Å²) in [7, 11) is 0. The van der Waals surface area contributed by atoms with Gasteiger partial charge in [0.15, 0.2) is 0 Å². The number of hydrogen-bond donors (Lipinski definition) is 2. The molecule has 1 saturated heterocycles. The van der Waals surface area contributed by atoms with Crippen LogP contribution in [0.3, 0.4) is 0 Å². The van der Waals surface area contributed by atoms with Crippen LogP contribution >= 0.6 is 0 Å². The minimum Gasteiger partial charge on any atom is -0.490 e. The minimum atomic E-state index is -0.0586. The molecule has 0 spiro atoms. The molecule has 3 N–H and O–H groups in total. The number of nitrogen functional groups attached to an aromatic ring is 1. The van der Waals surface area contributed by atoms with Crippen molar-refractivity contribution >= 4 is 11.7 Å². The van der Waals surface area contributed by atoms with Gasteiger partial charge in [0.25, 0.3) is 0 Å². The van der Waals surface area contributed by atoms with Gasteiger partial charge in [-0.2, -0.15) is 5.26 Å². The van der Waals surface area contributed by atoms with E-state index in [2.05, 4.69) is 11.4 Å². The number of benzene rings is 1. The number of nitrogens with two attached hydrogens (primary N) is 1. The summed E-state index contributed by atoms with van der Waals surface area (Å²) >= 11 is 0. The number of likely N-dealkylation sites (tertiary alicyclic amines) is 1. The number of nitrogens with zero attached hydrogens (tertiary/aromatic N) is 2. The summed E-state index contributed by atoms with van der Waals surface area (Å²) in [5.41, 5.74) is 6.51. The van der Waals surface area contributed by atoms with Gasteiger partial charge in [-0.25, -0.2) is 4.79 Å². The number of nitrogens with one attached hydrogen (secondary N) is 1. The molecule has 1 atom stereocenters. The first-order valence-corrected chi connectivity index (χ1v) is 7.13. The second-order valence-electron chi connectivity index (χ2n) is 4.97. The Morgan fingerprint density at radius 1 is 1.62 bits per heavy atom. The lowest BCUT2D eigenvalue weighted by Crippen LogP contribution is -2.44. The van der Waals surface area contributed by atoms with Crippen LogP contribution < -0.4 is 15.8 Å². The zero-order valence-corrected chi connectivity index (χ0v) is 12.1. The average Bonchev–Trinajstić information content (AvgIpc) is 2.94. The van der Waals surface area contributed by atoms with Gasteiger partial charge in [0.05, 0.1) is 11.7 Å². The second kappa shape index (κ2) is 6.84. The third-order valence-electron chi connectivity index (χ3n) is 3.57. The second-order valence-corrected chi connectivity index (χ2v) is 4.97. The Labute approximate surface area is 124 Å². The van der Waals surface area contributed by atoms with E-state index in [1.807, 2.05) is 6.92 Å². The first-order chi connectivity index (χ1) is 10.2. The summed E-state index contributed by atoms with van der Waals surface area (Å²) in [6, 6.07) is 7.17. The predicted octanol–water partition coefficient (Wildman–Crippen LogP) is 1.71. The van der Waals surface area contributed by atoms with Crippen molar-refractivity contribution in [3.05, 3.63) is 23.8 Å². The Bertz CT molecular complexity index is 553. The normalized spacial score (nSPS) is 17.3. The summed E-state index contributed by atoms with van der Waals surface area (Å²) in [5.74, 6) is 0.472. The van der Waals surface area contributed by atoms with E-state index in [9.17, 15) is 4.79 Å². The average molecular weight is 288 g/mol. The van der Waals surface area contributed by atoms with Crippen LogP contribution in [0.1, 0.15) is 25.3 Å². The highest BCUT2D eigenvalue weighted by atomic mass is 16.5. The molecule has 1 heterocycles. The van der Waals surface area contributed by atoms with Crippen LogP contribution in [-0.4, -0.2) is 36.7 Å². The summed E-state index contributed by atoms with van der Waals surface area (Å²) < 4.78 is 5.73. The molecule has 2 rings (SSSR count). The van der Waals surface area contributed by atoms with Crippen molar-refractivity contribution in [1.82, 2.24) is 10.2 Å². The molecule has 0 radical (unpaired) electrons. The van der Waals surface area contributed by atoms with Crippen molar-refractivity contribution in [1.29, 1.82) is 5.26 Å². The number of ether oxygens (including phenoxy) is 1. The molecular formula is C15H20N4O2. The van der Waals surface area contributed by atoms with Crippen molar-refractivity contribution in [3.63, 3.8) is 0 Å². The zero-order valence-electron chi connectivity index (χ0n) is 12.1. The molecule has 1 aromatic carbocycles. The highest BCUT2D eigenvalue weighted by molar-refractivity contribution is 5.74. The first-order valence-electron chi connectivity index (χ1n) is 7.13. The van der Waals surface area contributed by atoms with E-state index < -0.39 is 0 Å². The van der Waals surface area contributed by atoms with Crippen molar-refractivity contribution < 1.29 is 9.53 Å². The van der Waals surface area contributed by atoms with Crippen LogP contribution in [0, 0.1) is 11.3 Å². The highest BCUT2D eigenvalue weighted by Crippen LogP contribution is 2.25. The van der Waals surface area contributed by atoms with Gasteiger partial charge >= 0.3 is 6.03 Å². The van der Waals surface area contributed by atoms with Gasteiger partial charge in [-0.15, -0.1) is 0 Å². The maximum absolute atomic E-state index is 11.9. The number of anilines is 1. The van der Waals surface area contributed by atoms with E-state index in [4.69, 9.17) is 15.7 Å². The van der Waals surface area contributed by atoms with Crippen LogP contribution in [0.15, 0.2) is 18.2 Å². The lowest BCUT2D eigenvalue weighted by molar-refractivity contribution is 0.166. The van der Waals surface area contributed by atoms with Crippen molar-refractivity contribution in [3.8, 4) is 11.8 Å². The molecule has 6 heteroatoms. The fourth-order valence-corrected chi connectivity index (χ4v) is 2.50. The number of rotatable bonds is 4. The predicted molar refractivity (Wildman–Crippen MR) is 79.9 cm³/mol. The van der Waals surface area contributed by atoms with Crippen LogP contribution in [0.5, 0.6) is 5.75 Å². The molecule has 1 aliphatic rings. The lowest BCUT2D eigenvalue weighted by Gasteiger charge is -2.25. The summed E-state index contributed by atoms with van der Waals surface area (Å²) in [4.78, 5) is 13.7. The zero-order chi connectivity index (χ0) is 15.2. The summed E-state index contributed by atoms with van der Waals surface area (Å²) in [6.07, 6.45) is 1.87. The largest absolute Gasteiger partial charge is 0.490 e. The van der Waals surface area contributed by atoms with E-state index in [0.29, 0.717) is 30.2 Å². The van der Waals surface area contributed by atoms with Gasteiger partial charge in [-0.3, -0.25) is 0 Å². The van der Waals surface area contributed by atoms with E-state index in [-0.39, 0.29) is 12.1 Å². The monoisotopic (exact) mass is 288 g/mol. The van der Waals surface area contributed by atoms with Crippen LogP contribution in [-0.2, 0) is 0 Å². The SMILES string of the molecule is CCNC(=O)N1CCCC1COc1cccc(N)c1C#N. The number of carbonyl (C=O) groups is 1. The Morgan fingerprint density at radius 3 is 3.14 bits per heavy atom. The molecule has 0 bridgehead atoms. The van der Waals surface area contributed by atoms with Gasteiger partial charge in [-0.05, 0) is 31.9 Å².